The summed E-state index contributed by atoms with van der Waals surface area (Å²) in [4.78, 5) is 36.8. The van der Waals surface area contributed by atoms with Crippen molar-refractivity contribution in [2.75, 3.05) is 42.9 Å². The lowest BCUT2D eigenvalue weighted by molar-refractivity contribution is -0.120. The van der Waals surface area contributed by atoms with Crippen LogP contribution >= 0.6 is 0 Å². The minimum atomic E-state index is -2.95. The summed E-state index contributed by atoms with van der Waals surface area (Å²) in [6.07, 6.45) is 7.70. The van der Waals surface area contributed by atoms with E-state index in [-0.39, 0.29) is 30.2 Å². The lowest BCUT2D eigenvalue weighted by Gasteiger charge is -2.35. The van der Waals surface area contributed by atoms with Crippen molar-refractivity contribution < 1.29 is 27.3 Å². The number of ether oxygens (including phenoxy) is 1. The summed E-state index contributed by atoms with van der Waals surface area (Å²) in [5, 5.41) is 21.0. The number of amides is 3. The number of benzene rings is 2. The second-order valence-electron chi connectivity index (χ2n) is 14.4. The molecule has 2 aromatic carbocycles. The van der Waals surface area contributed by atoms with Crippen molar-refractivity contribution >= 4 is 45.6 Å². The third kappa shape index (κ3) is 9.23. The maximum atomic E-state index is 13.7. The van der Waals surface area contributed by atoms with Crippen LogP contribution in [0.4, 0.5) is 25.3 Å². The molecule has 17 heteroatoms. The maximum Gasteiger partial charge on any atom is 0.387 e. The van der Waals surface area contributed by atoms with Crippen LogP contribution in [0.15, 0.2) is 53.7 Å². The molecule has 0 spiro atoms. The first kappa shape index (κ1) is 39.7. The maximum absolute atomic E-state index is 13.7. The number of alkyl halides is 2. The molecule has 0 radical (unpaired) electrons. The van der Waals surface area contributed by atoms with Crippen LogP contribution in [0.1, 0.15) is 74.5 Å². The first-order chi connectivity index (χ1) is 27.6. The van der Waals surface area contributed by atoms with Crippen LogP contribution in [0.3, 0.4) is 0 Å². The molecule has 298 valence electrons. The number of nitrogens with zero attached hydrogens (tertiary/aromatic N) is 8. The predicted octanol–water partition coefficient (Wildman–Crippen LogP) is 5.28. The number of fused-ring (bicyclic) bond motifs is 1. The van der Waals surface area contributed by atoms with Crippen LogP contribution < -0.4 is 20.3 Å². The molecule has 2 aromatic heterocycles. The Morgan fingerprint density at radius 2 is 1.77 bits per heavy atom. The average Bonchev–Trinajstić information content (AvgIpc) is 3.54. The number of aryl methyl sites for hydroxylation is 1. The Balaban J connectivity index is 0.969. The van der Waals surface area contributed by atoms with E-state index in [0.717, 1.165) is 49.7 Å². The highest BCUT2D eigenvalue weighted by Crippen LogP contribution is 2.34. The van der Waals surface area contributed by atoms with Gasteiger partial charge in [0.2, 0.25) is 11.9 Å². The van der Waals surface area contributed by atoms with Gasteiger partial charge in [0.25, 0.3) is 0 Å². The van der Waals surface area contributed by atoms with Crippen molar-refractivity contribution in [3.8, 4) is 23.7 Å². The summed E-state index contributed by atoms with van der Waals surface area (Å²) < 4.78 is 46.6. The number of aromatic nitrogens is 4. The standard InChI is InChI=1S/C40H44F2N10O4S/c1-3-4-31(50-16-11-26(12-17-50)28-7-10-34-35(22-28)49(2)48-37(34)52-20-15-36(53)47-40(52)54)8-5-27-21-33(9-6-29(27)23-43)57(55)51-18-13-30(14-19-51)46-39-44-24-32(25-45-39)56-38(41)42/h6-7,9-10,21-22,24-26,30-31,38H,3-4,11-20H2,1-2H3,(H,44,45,46)(H,47,53,54). The van der Waals surface area contributed by atoms with Crippen molar-refractivity contribution in [2.45, 2.75) is 81.4 Å². The third-order valence-electron chi connectivity index (χ3n) is 10.7. The first-order valence-electron chi connectivity index (χ1n) is 19.2. The molecule has 3 fully saturated rings. The van der Waals surface area contributed by atoms with Gasteiger partial charge in [0.15, 0.2) is 11.6 Å². The zero-order chi connectivity index (χ0) is 40.1. The van der Waals surface area contributed by atoms with E-state index >= 15 is 0 Å². The molecule has 4 aromatic rings. The zero-order valence-corrected chi connectivity index (χ0v) is 32.6. The minimum Gasteiger partial charge on any atom is -0.432 e. The summed E-state index contributed by atoms with van der Waals surface area (Å²) in [5.74, 6) is 7.58. The molecule has 3 aliphatic rings. The molecule has 14 nitrogen and oxygen atoms in total. The number of piperidine rings is 2. The van der Waals surface area contributed by atoms with Crippen LogP contribution in [0.5, 0.6) is 5.75 Å². The lowest BCUT2D eigenvalue weighted by Crippen LogP contribution is -2.49. The van der Waals surface area contributed by atoms with E-state index in [2.05, 4.69) is 72.3 Å². The molecule has 5 heterocycles. The highest BCUT2D eigenvalue weighted by atomic mass is 32.2. The Hall–Kier alpha value is -5.49. The summed E-state index contributed by atoms with van der Waals surface area (Å²) in [6, 6.07) is 13.3. The molecule has 3 amide bonds. The van der Waals surface area contributed by atoms with E-state index in [1.807, 2.05) is 17.4 Å². The number of nitriles is 1. The van der Waals surface area contributed by atoms with E-state index in [0.29, 0.717) is 66.2 Å². The number of hydrogen-bond donors (Lipinski definition) is 2. The Labute approximate surface area is 332 Å². The van der Waals surface area contributed by atoms with Gasteiger partial charge < -0.3 is 10.1 Å². The SMILES string of the molecule is CCCC(C#Cc1cc(S(=O)N2CCC(Nc3ncc(OC(F)F)cn3)CC2)ccc1C#N)N1CCC(c2ccc3c(N4CCC(=O)NC4=O)nn(C)c3c2)CC1. The van der Waals surface area contributed by atoms with Gasteiger partial charge in [0, 0.05) is 50.1 Å². The van der Waals surface area contributed by atoms with Crippen molar-refractivity contribution in [1.29, 1.82) is 5.26 Å². The molecule has 2 unspecified atom stereocenters. The molecule has 3 aliphatic heterocycles. The number of urea groups is 1. The van der Waals surface area contributed by atoms with E-state index < -0.39 is 23.6 Å². The quantitative estimate of drug-likeness (QED) is 0.191. The van der Waals surface area contributed by atoms with Gasteiger partial charge >= 0.3 is 12.6 Å². The van der Waals surface area contributed by atoms with Crippen LogP contribution in [0.25, 0.3) is 10.9 Å². The summed E-state index contributed by atoms with van der Waals surface area (Å²) in [5.41, 5.74) is 3.15. The van der Waals surface area contributed by atoms with Gasteiger partial charge in [-0.25, -0.2) is 23.3 Å². The average molecular weight is 799 g/mol. The van der Waals surface area contributed by atoms with Crippen LogP contribution in [-0.2, 0) is 22.8 Å². The van der Waals surface area contributed by atoms with Gasteiger partial charge in [-0.05, 0) is 87.0 Å². The molecule has 57 heavy (non-hydrogen) atoms. The van der Waals surface area contributed by atoms with E-state index in [1.54, 1.807) is 22.9 Å². The number of nitrogens with one attached hydrogen (secondary N) is 2. The Bertz CT molecular complexity index is 2240. The molecular formula is C40H44F2N10O4S. The highest BCUT2D eigenvalue weighted by molar-refractivity contribution is 7.82. The number of halogens is 2. The molecule has 3 saturated heterocycles. The number of imide groups is 1. The van der Waals surface area contributed by atoms with E-state index in [1.165, 1.54) is 22.9 Å². The van der Waals surface area contributed by atoms with Crippen molar-refractivity contribution in [1.82, 2.24) is 34.3 Å². The Kier molecular flexibility index (Phi) is 12.4. The number of carbonyl (C=O) groups excluding carboxylic acids is 2. The van der Waals surface area contributed by atoms with Gasteiger partial charge in [-0.1, -0.05) is 31.3 Å². The lowest BCUT2D eigenvalue weighted by atomic mass is 9.88. The second-order valence-corrected chi connectivity index (χ2v) is 15.9. The molecule has 2 atom stereocenters. The predicted molar refractivity (Wildman–Crippen MR) is 210 cm³/mol. The molecule has 0 bridgehead atoms. The fourth-order valence-electron chi connectivity index (χ4n) is 7.68. The number of likely N-dealkylation sites (tertiary alicyclic amines) is 1. The third-order valence-corrected chi connectivity index (χ3v) is 12.2. The summed E-state index contributed by atoms with van der Waals surface area (Å²) in [7, 11) is 0.410. The van der Waals surface area contributed by atoms with Crippen molar-refractivity contribution in [3.63, 3.8) is 0 Å². The largest absolute Gasteiger partial charge is 0.432 e. The van der Waals surface area contributed by atoms with Gasteiger partial charge in [0.05, 0.1) is 34.4 Å². The topological polar surface area (TPSA) is 162 Å². The van der Waals surface area contributed by atoms with Gasteiger partial charge in [-0.15, -0.1) is 0 Å². The number of hydrogen-bond acceptors (Lipinski definition) is 10. The molecular weight excluding hydrogens is 755 g/mol. The zero-order valence-electron chi connectivity index (χ0n) is 31.8. The Morgan fingerprint density at radius 3 is 2.46 bits per heavy atom. The molecule has 0 aliphatic carbocycles. The summed E-state index contributed by atoms with van der Waals surface area (Å²) >= 11 is 0. The fraction of sp³-hybridized carbons (Fsp3) is 0.450. The van der Waals surface area contributed by atoms with Crippen LogP contribution in [-0.4, -0.2) is 96.5 Å². The molecule has 0 saturated carbocycles. The van der Waals surface area contributed by atoms with Gasteiger partial charge in [-0.3, -0.25) is 24.6 Å². The number of rotatable bonds is 11. The monoisotopic (exact) mass is 798 g/mol. The normalized spacial score (nSPS) is 18.5. The minimum absolute atomic E-state index is 0.00451. The van der Waals surface area contributed by atoms with E-state index in [4.69, 9.17) is 0 Å². The fourth-order valence-corrected chi connectivity index (χ4v) is 8.93. The van der Waals surface area contributed by atoms with E-state index in [9.17, 15) is 27.8 Å². The molecule has 2 N–H and O–H groups in total. The van der Waals surface area contributed by atoms with Crippen molar-refractivity contribution in [2.24, 2.45) is 7.05 Å². The van der Waals surface area contributed by atoms with Gasteiger partial charge in [0.1, 0.15) is 17.1 Å². The van der Waals surface area contributed by atoms with Crippen LogP contribution in [0, 0.1) is 23.2 Å². The molecule has 7 rings (SSSR count). The highest BCUT2D eigenvalue weighted by Gasteiger charge is 2.30. The van der Waals surface area contributed by atoms with Crippen LogP contribution in [0.2, 0.25) is 0 Å². The smallest absolute Gasteiger partial charge is 0.387 e. The van der Waals surface area contributed by atoms with Gasteiger partial charge in [-0.2, -0.15) is 19.1 Å². The first-order valence-corrected chi connectivity index (χ1v) is 20.3. The van der Waals surface area contributed by atoms with Crippen molar-refractivity contribution in [3.05, 3.63) is 65.5 Å². The second kappa shape index (κ2) is 17.8. The number of anilines is 2. The Morgan fingerprint density at radius 1 is 1.02 bits per heavy atom. The summed E-state index contributed by atoms with van der Waals surface area (Å²) in [6.45, 7) is 2.31. The number of carbonyl (C=O) groups is 2.